The summed E-state index contributed by atoms with van der Waals surface area (Å²) in [6, 6.07) is 8.55. The minimum Gasteiger partial charge on any atom is -0.494 e. The van der Waals surface area contributed by atoms with Crippen molar-refractivity contribution in [2.45, 2.75) is 31.2 Å². The van der Waals surface area contributed by atoms with Crippen molar-refractivity contribution < 1.29 is 22.3 Å². The van der Waals surface area contributed by atoms with Crippen LogP contribution < -0.4 is 10.1 Å². The fourth-order valence-electron chi connectivity index (χ4n) is 3.45. The number of hydrogen-bond donors (Lipinski definition) is 1. The Labute approximate surface area is 181 Å². The van der Waals surface area contributed by atoms with E-state index in [0.717, 1.165) is 12.8 Å². The van der Waals surface area contributed by atoms with E-state index in [0.29, 0.717) is 18.7 Å². The summed E-state index contributed by atoms with van der Waals surface area (Å²) in [6.07, 6.45) is 1.77. The van der Waals surface area contributed by atoms with Gasteiger partial charge in [0.1, 0.15) is 4.90 Å². The van der Waals surface area contributed by atoms with Crippen LogP contribution in [0.1, 0.15) is 35.7 Å². The quantitative estimate of drug-likeness (QED) is 0.719. The van der Waals surface area contributed by atoms with Crippen LogP contribution in [-0.2, 0) is 16.6 Å². The van der Waals surface area contributed by atoms with Crippen molar-refractivity contribution in [3.05, 3.63) is 58.4 Å². The van der Waals surface area contributed by atoms with Gasteiger partial charge in [-0.25, -0.2) is 12.8 Å². The largest absolute Gasteiger partial charge is 0.494 e. The fraction of sp³-hybridized carbons (Fsp3) is 0.381. The Hall–Kier alpha value is -2.16. The van der Waals surface area contributed by atoms with Crippen LogP contribution in [0.15, 0.2) is 41.3 Å². The van der Waals surface area contributed by atoms with E-state index in [9.17, 15) is 17.6 Å². The summed E-state index contributed by atoms with van der Waals surface area (Å²) in [7, 11) is -2.43. The number of amides is 1. The van der Waals surface area contributed by atoms with Crippen LogP contribution in [0.4, 0.5) is 4.39 Å². The molecule has 1 atom stereocenters. The Morgan fingerprint density at radius 3 is 2.73 bits per heavy atom. The molecule has 6 nitrogen and oxygen atoms in total. The summed E-state index contributed by atoms with van der Waals surface area (Å²) in [6.45, 7) is 2.95. The highest BCUT2D eigenvalue weighted by atomic mass is 35.5. The first kappa shape index (κ1) is 22.5. The third-order valence-electron chi connectivity index (χ3n) is 5.10. The first-order valence-corrected chi connectivity index (χ1v) is 11.4. The second kappa shape index (κ2) is 9.32. The van der Waals surface area contributed by atoms with Crippen LogP contribution in [0.25, 0.3) is 0 Å². The molecule has 0 bridgehead atoms. The Morgan fingerprint density at radius 1 is 1.30 bits per heavy atom. The van der Waals surface area contributed by atoms with Crippen molar-refractivity contribution in [1.82, 2.24) is 9.62 Å². The molecule has 1 fully saturated rings. The van der Waals surface area contributed by atoms with E-state index in [1.807, 2.05) is 6.92 Å². The summed E-state index contributed by atoms with van der Waals surface area (Å²) in [5.74, 6) is -0.625. The van der Waals surface area contributed by atoms with E-state index in [1.54, 1.807) is 6.07 Å². The molecule has 1 aliphatic heterocycles. The number of methoxy groups -OCH3 is 1. The van der Waals surface area contributed by atoms with Gasteiger partial charge in [-0.1, -0.05) is 24.6 Å². The number of ether oxygens (including phenoxy) is 1. The number of halogens is 2. The van der Waals surface area contributed by atoms with Crippen molar-refractivity contribution in [2.24, 2.45) is 5.92 Å². The molecule has 1 amide bonds. The maximum atomic E-state index is 13.8. The number of nitrogens with one attached hydrogen (secondary N) is 1. The van der Waals surface area contributed by atoms with Crippen LogP contribution >= 0.6 is 11.6 Å². The van der Waals surface area contributed by atoms with Crippen molar-refractivity contribution in [1.29, 1.82) is 0 Å². The highest BCUT2D eigenvalue weighted by molar-refractivity contribution is 7.89. The molecule has 1 saturated heterocycles. The van der Waals surface area contributed by atoms with Crippen LogP contribution in [-0.4, -0.2) is 38.8 Å². The number of nitrogens with zero attached hydrogens (tertiary/aromatic N) is 1. The molecule has 3 rings (SSSR count). The molecular formula is C21H24ClFN2O4S. The molecule has 162 valence electrons. The minimum atomic E-state index is -3.80. The summed E-state index contributed by atoms with van der Waals surface area (Å²) in [5.41, 5.74) is 0.711. The van der Waals surface area contributed by atoms with Crippen LogP contribution in [0, 0.1) is 11.7 Å². The van der Waals surface area contributed by atoms with Gasteiger partial charge in [-0.3, -0.25) is 4.79 Å². The standard InChI is InChI=1S/C21H24ClFN2O4S/c1-14-4-3-9-25(13-14)30(27,28)20-11-16(6-7-17(20)22)21(26)24-12-15-5-8-19(29-2)18(23)10-15/h5-8,10-11,14H,3-4,9,12-13H2,1-2H3,(H,24,26). The predicted octanol–water partition coefficient (Wildman–Crippen LogP) is 3.84. The molecule has 1 unspecified atom stereocenters. The third-order valence-corrected chi connectivity index (χ3v) is 7.45. The van der Waals surface area contributed by atoms with E-state index in [-0.39, 0.29) is 33.7 Å². The van der Waals surface area contributed by atoms with Gasteiger partial charge in [0.25, 0.3) is 5.91 Å². The monoisotopic (exact) mass is 454 g/mol. The van der Waals surface area contributed by atoms with E-state index < -0.39 is 21.7 Å². The van der Waals surface area contributed by atoms with E-state index in [4.69, 9.17) is 16.3 Å². The zero-order chi connectivity index (χ0) is 21.9. The first-order valence-electron chi connectivity index (χ1n) is 9.62. The average molecular weight is 455 g/mol. The topological polar surface area (TPSA) is 75.7 Å². The van der Waals surface area contributed by atoms with Gasteiger partial charge < -0.3 is 10.1 Å². The zero-order valence-electron chi connectivity index (χ0n) is 16.8. The lowest BCUT2D eigenvalue weighted by atomic mass is 10.0. The van der Waals surface area contributed by atoms with Gasteiger partial charge in [-0.05, 0) is 54.7 Å². The number of carbonyl (C=O) groups is 1. The Morgan fingerprint density at radius 2 is 2.07 bits per heavy atom. The summed E-state index contributed by atoms with van der Waals surface area (Å²) < 4.78 is 46.2. The number of carbonyl (C=O) groups excluding carboxylic acids is 1. The maximum absolute atomic E-state index is 13.8. The number of benzene rings is 2. The lowest BCUT2D eigenvalue weighted by molar-refractivity contribution is 0.0950. The second-order valence-corrected chi connectivity index (χ2v) is 9.72. The Kier molecular flexibility index (Phi) is 7.00. The zero-order valence-corrected chi connectivity index (χ0v) is 18.4. The first-order chi connectivity index (χ1) is 14.2. The normalized spacial score (nSPS) is 17.5. The molecule has 0 radical (unpaired) electrons. The Bertz CT molecular complexity index is 1050. The molecule has 2 aromatic carbocycles. The van der Waals surface area contributed by atoms with Crippen LogP contribution in [0.2, 0.25) is 5.02 Å². The molecule has 0 aliphatic carbocycles. The summed E-state index contributed by atoms with van der Waals surface area (Å²) in [5, 5.41) is 2.74. The molecule has 0 spiro atoms. The van der Waals surface area contributed by atoms with Crippen LogP contribution in [0.3, 0.4) is 0 Å². The predicted molar refractivity (Wildman–Crippen MR) is 113 cm³/mol. The average Bonchev–Trinajstić information content (AvgIpc) is 2.72. The SMILES string of the molecule is COc1ccc(CNC(=O)c2ccc(Cl)c(S(=O)(=O)N3CCCC(C)C3)c2)cc1F. The van der Waals surface area contributed by atoms with E-state index >= 15 is 0 Å². The van der Waals surface area contributed by atoms with Crippen molar-refractivity contribution >= 4 is 27.5 Å². The lowest BCUT2D eigenvalue weighted by Crippen LogP contribution is -2.39. The molecule has 0 saturated carbocycles. The van der Waals surface area contributed by atoms with Crippen molar-refractivity contribution in [3.63, 3.8) is 0 Å². The second-order valence-electron chi connectivity index (χ2n) is 7.41. The van der Waals surface area contributed by atoms with Crippen molar-refractivity contribution in [3.8, 4) is 5.75 Å². The molecule has 1 heterocycles. The Balaban J connectivity index is 1.77. The highest BCUT2D eigenvalue weighted by Crippen LogP contribution is 2.29. The molecule has 1 aliphatic rings. The molecule has 0 aromatic heterocycles. The number of hydrogen-bond acceptors (Lipinski definition) is 4. The van der Waals surface area contributed by atoms with Gasteiger partial charge in [0, 0.05) is 25.2 Å². The van der Waals surface area contributed by atoms with Gasteiger partial charge in [0.15, 0.2) is 11.6 Å². The van der Waals surface area contributed by atoms with E-state index in [1.165, 1.54) is 41.7 Å². The molecular weight excluding hydrogens is 431 g/mol. The summed E-state index contributed by atoms with van der Waals surface area (Å²) >= 11 is 6.17. The fourth-order valence-corrected chi connectivity index (χ4v) is 5.55. The molecule has 9 heteroatoms. The van der Waals surface area contributed by atoms with Gasteiger partial charge >= 0.3 is 0 Å². The summed E-state index contributed by atoms with van der Waals surface area (Å²) in [4.78, 5) is 12.5. The number of sulfonamides is 1. The van der Waals surface area contributed by atoms with Gasteiger partial charge in [-0.15, -0.1) is 0 Å². The molecule has 2 aromatic rings. The minimum absolute atomic E-state index is 0.0713. The van der Waals surface area contributed by atoms with Gasteiger partial charge in [0.2, 0.25) is 10.0 Å². The number of rotatable bonds is 6. The molecule has 30 heavy (non-hydrogen) atoms. The lowest BCUT2D eigenvalue weighted by Gasteiger charge is -2.30. The van der Waals surface area contributed by atoms with Gasteiger partial charge in [0.05, 0.1) is 12.1 Å². The van der Waals surface area contributed by atoms with Crippen molar-refractivity contribution in [2.75, 3.05) is 20.2 Å². The maximum Gasteiger partial charge on any atom is 0.251 e. The van der Waals surface area contributed by atoms with Crippen LogP contribution in [0.5, 0.6) is 5.75 Å². The highest BCUT2D eigenvalue weighted by Gasteiger charge is 2.30. The third kappa shape index (κ3) is 4.94. The smallest absolute Gasteiger partial charge is 0.251 e. The van der Waals surface area contributed by atoms with Gasteiger partial charge in [-0.2, -0.15) is 4.31 Å². The number of piperidine rings is 1. The molecule has 1 N–H and O–H groups in total. The van der Waals surface area contributed by atoms with E-state index in [2.05, 4.69) is 5.32 Å².